The van der Waals surface area contributed by atoms with Crippen LogP contribution >= 0.6 is 0 Å². The van der Waals surface area contributed by atoms with E-state index in [0.29, 0.717) is 60.9 Å². The zero-order valence-electron chi connectivity index (χ0n) is 26.9. The first-order valence-electron chi connectivity index (χ1n) is 16.0. The highest BCUT2D eigenvalue weighted by Crippen LogP contribution is 2.38. The molecule has 240 valence electrons. The van der Waals surface area contributed by atoms with Gasteiger partial charge in [0, 0.05) is 61.0 Å². The van der Waals surface area contributed by atoms with E-state index in [1.165, 1.54) is 12.7 Å². The minimum atomic E-state index is -0.282. The molecule has 0 saturated carbocycles. The lowest BCUT2D eigenvalue weighted by molar-refractivity contribution is -0.145. The summed E-state index contributed by atoms with van der Waals surface area (Å²) in [4.78, 5) is 48.0. The molecule has 1 fully saturated rings. The molecule has 2 heterocycles. The maximum absolute atomic E-state index is 13.5. The first-order valence-corrected chi connectivity index (χ1v) is 16.0. The van der Waals surface area contributed by atoms with Gasteiger partial charge in [-0.15, -0.1) is 0 Å². The van der Waals surface area contributed by atoms with E-state index in [2.05, 4.69) is 41.2 Å². The third-order valence-corrected chi connectivity index (χ3v) is 8.50. The van der Waals surface area contributed by atoms with Gasteiger partial charge in [0.1, 0.15) is 5.84 Å². The smallest absolute Gasteiger partial charge is 0.310 e. The molecular formula is C37H43N5O4. The normalized spacial score (nSPS) is 17.7. The molecular weight excluding hydrogens is 578 g/mol. The Kier molecular flexibility index (Phi) is 10.6. The molecule has 0 bridgehead atoms. The summed E-state index contributed by atoms with van der Waals surface area (Å²) in [6, 6.07) is 23.2. The molecule has 9 nitrogen and oxygen atoms in total. The van der Waals surface area contributed by atoms with Gasteiger partial charge in [-0.1, -0.05) is 62.4 Å². The van der Waals surface area contributed by atoms with Gasteiger partial charge in [0.15, 0.2) is 0 Å². The fraction of sp³-hybridized carbons (Fsp3) is 0.351. The second kappa shape index (κ2) is 15.0. The summed E-state index contributed by atoms with van der Waals surface area (Å²) in [5, 5.41) is 3.03. The number of aliphatic imine (C=N–C) groups is 1. The van der Waals surface area contributed by atoms with Crippen molar-refractivity contribution in [3.8, 4) is 0 Å². The Balaban J connectivity index is 1.34. The third kappa shape index (κ3) is 7.72. The van der Waals surface area contributed by atoms with Crippen LogP contribution in [0.1, 0.15) is 72.6 Å². The van der Waals surface area contributed by atoms with Crippen LogP contribution in [-0.4, -0.2) is 60.2 Å². The van der Waals surface area contributed by atoms with Gasteiger partial charge in [0.05, 0.1) is 18.7 Å². The molecule has 9 heteroatoms. The fourth-order valence-corrected chi connectivity index (χ4v) is 6.33. The van der Waals surface area contributed by atoms with Crippen molar-refractivity contribution >= 4 is 41.1 Å². The molecule has 2 atom stereocenters. The molecule has 0 spiro atoms. The molecule has 46 heavy (non-hydrogen) atoms. The highest BCUT2D eigenvalue weighted by Gasteiger charge is 2.37. The van der Waals surface area contributed by atoms with Crippen LogP contribution in [-0.2, 0) is 20.9 Å². The first kappa shape index (κ1) is 32.6. The van der Waals surface area contributed by atoms with Crippen molar-refractivity contribution in [1.82, 2.24) is 9.80 Å². The van der Waals surface area contributed by atoms with E-state index < -0.39 is 0 Å². The molecule has 0 aromatic heterocycles. The van der Waals surface area contributed by atoms with Crippen molar-refractivity contribution < 1.29 is 19.1 Å². The number of anilines is 1. The minimum Gasteiger partial charge on any atom is -0.469 e. The van der Waals surface area contributed by atoms with Crippen molar-refractivity contribution in [3.63, 3.8) is 0 Å². The number of methoxy groups -OCH3 is 1. The molecule has 1 unspecified atom stereocenters. The Hall–Kier alpha value is -4.76. The van der Waals surface area contributed by atoms with Crippen molar-refractivity contribution in [2.45, 2.75) is 52.1 Å². The number of carbonyl (C=O) groups excluding carboxylic acids is 3. The number of rotatable bonds is 11. The molecule has 2 amide bonds. The number of amides is 2. The van der Waals surface area contributed by atoms with E-state index in [-0.39, 0.29) is 36.2 Å². The summed E-state index contributed by atoms with van der Waals surface area (Å²) in [6.45, 7) is 6.78. The topological polar surface area (TPSA) is 117 Å². The number of esters is 1. The predicted octanol–water partition coefficient (Wildman–Crippen LogP) is 6.10. The molecule has 0 radical (unpaired) electrons. The largest absolute Gasteiger partial charge is 0.469 e. The zero-order chi connectivity index (χ0) is 32.6. The number of fused-ring (bicyclic) bond motifs is 1. The Morgan fingerprint density at radius 3 is 2.48 bits per heavy atom. The van der Waals surface area contributed by atoms with Crippen molar-refractivity contribution in [2.75, 3.05) is 32.1 Å². The van der Waals surface area contributed by atoms with Crippen LogP contribution < -0.4 is 11.1 Å². The molecule has 2 aliphatic rings. The summed E-state index contributed by atoms with van der Waals surface area (Å²) in [5.74, 6) is -0.412. The molecule has 1 saturated heterocycles. The summed E-state index contributed by atoms with van der Waals surface area (Å²) < 4.78 is 5.08. The van der Waals surface area contributed by atoms with Gasteiger partial charge in [-0.25, -0.2) is 4.99 Å². The average Bonchev–Trinajstić information content (AvgIpc) is 3.40. The number of nitrogens with one attached hydrogen (secondary N) is 1. The predicted molar refractivity (Wildman–Crippen MR) is 182 cm³/mol. The van der Waals surface area contributed by atoms with Crippen LogP contribution in [0.2, 0.25) is 0 Å². The van der Waals surface area contributed by atoms with Crippen LogP contribution in [0.5, 0.6) is 0 Å². The molecule has 3 aromatic rings. The number of carbonyl (C=O) groups is 3. The summed E-state index contributed by atoms with van der Waals surface area (Å²) in [5.41, 5.74) is 11.4. The average molecular weight is 622 g/mol. The Morgan fingerprint density at radius 1 is 1.00 bits per heavy atom. The maximum Gasteiger partial charge on any atom is 0.310 e. The first-order chi connectivity index (χ1) is 22.3. The van der Waals surface area contributed by atoms with E-state index >= 15 is 0 Å². The summed E-state index contributed by atoms with van der Waals surface area (Å²) in [6.07, 6.45) is 4.48. The Morgan fingerprint density at radius 2 is 1.76 bits per heavy atom. The lowest BCUT2D eigenvalue weighted by atomic mass is 9.99. The molecule has 3 N–H and O–H groups in total. The number of ether oxygens (including phenoxy) is 1. The zero-order valence-corrected chi connectivity index (χ0v) is 26.9. The van der Waals surface area contributed by atoms with Gasteiger partial charge in [-0.05, 0) is 60.7 Å². The molecule has 5 rings (SSSR count). The van der Waals surface area contributed by atoms with E-state index in [1.54, 1.807) is 12.1 Å². The van der Waals surface area contributed by atoms with Crippen LogP contribution in [0.25, 0.3) is 6.08 Å². The fourth-order valence-electron chi connectivity index (χ4n) is 6.33. The number of hydrogen-bond acceptors (Lipinski definition) is 7. The number of hydrogen-bond donors (Lipinski definition) is 2. The second-order valence-corrected chi connectivity index (χ2v) is 12.0. The van der Waals surface area contributed by atoms with Gasteiger partial charge in [0.25, 0.3) is 5.91 Å². The number of nitrogens with two attached hydrogens (primary N) is 1. The van der Waals surface area contributed by atoms with E-state index in [4.69, 9.17) is 10.5 Å². The Bertz CT molecular complexity index is 1630. The van der Waals surface area contributed by atoms with Gasteiger partial charge in [-0.3, -0.25) is 19.3 Å². The molecule has 3 aromatic carbocycles. The quantitative estimate of drug-likeness (QED) is 0.250. The summed E-state index contributed by atoms with van der Waals surface area (Å²) in [7, 11) is 1.43. The van der Waals surface area contributed by atoms with Gasteiger partial charge >= 0.3 is 5.97 Å². The Labute approximate surface area is 271 Å². The maximum atomic E-state index is 13.5. The number of benzene rings is 3. The third-order valence-electron chi connectivity index (χ3n) is 8.50. The highest BCUT2D eigenvalue weighted by molar-refractivity contribution is 6.08. The van der Waals surface area contributed by atoms with Gasteiger partial charge in [-0.2, -0.15) is 0 Å². The van der Waals surface area contributed by atoms with Gasteiger partial charge in [0.2, 0.25) is 5.91 Å². The number of likely N-dealkylation sites (tertiary alicyclic amines) is 1. The summed E-state index contributed by atoms with van der Waals surface area (Å²) >= 11 is 0. The van der Waals surface area contributed by atoms with Crippen LogP contribution in [0, 0.1) is 5.92 Å². The van der Waals surface area contributed by atoms with Crippen molar-refractivity contribution in [3.05, 3.63) is 101 Å². The lowest BCUT2D eigenvalue weighted by Gasteiger charge is -2.25. The van der Waals surface area contributed by atoms with E-state index in [1.807, 2.05) is 59.5 Å². The van der Waals surface area contributed by atoms with Crippen LogP contribution in [0.3, 0.4) is 0 Å². The van der Waals surface area contributed by atoms with Crippen LogP contribution in [0.15, 0.2) is 83.4 Å². The monoisotopic (exact) mass is 621 g/mol. The van der Waals surface area contributed by atoms with E-state index in [9.17, 15) is 14.4 Å². The SMILES string of the molecule is CCCN(CCC)C(=O)C1=Cc2ccc(C(=O)Nc3cccc([C@@H]4CC(C(=O)OC)CN4Cc4ccccc4)c3)cc2N=C(N)C1. The second-order valence-electron chi connectivity index (χ2n) is 12.0. The lowest BCUT2D eigenvalue weighted by Crippen LogP contribution is -2.34. The van der Waals surface area contributed by atoms with Crippen molar-refractivity contribution in [2.24, 2.45) is 16.6 Å². The highest BCUT2D eigenvalue weighted by atomic mass is 16.5. The number of amidine groups is 1. The standard InChI is InChI=1S/C37H43N5O4/c1-4-16-41(17-5-2)36(44)29-18-26-14-15-28(20-32(26)40-34(38)22-29)35(43)39-31-13-9-12-27(19-31)33-21-30(37(45)46-3)24-42(33)23-25-10-7-6-8-11-25/h6-15,18-20,30,33H,4-5,16-17,21-24H2,1-3H3,(H2,38,40)(H,39,43)/t30?,33-/m0/s1. The van der Waals surface area contributed by atoms with Crippen molar-refractivity contribution in [1.29, 1.82) is 0 Å². The van der Waals surface area contributed by atoms with E-state index in [0.717, 1.165) is 24.0 Å². The van der Waals surface area contributed by atoms with Gasteiger partial charge < -0.3 is 20.7 Å². The number of nitrogens with zero attached hydrogens (tertiary/aromatic N) is 3. The molecule has 2 aliphatic heterocycles. The molecule has 0 aliphatic carbocycles. The minimum absolute atomic E-state index is 0.0137. The van der Waals surface area contributed by atoms with Crippen LogP contribution in [0.4, 0.5) is 11.4 Å².